The number of carbonyl (C=O) groups excluding carboxylic acids is 1. The number of rotatable bonds is 5. The quantitative estimate of drug-likeness (QED) is 0.440. The summed E-state index contributed by atoms with van der Waals surface area (Å²) in [5.74, 6) is 0.108. The molecule has 0 N–H and O–H groups in total. The fraction of sp³-hybridized carbons (Fsp3) is 0.364. The molecule has 0 aromatic carbocycles. The number of ketones is 1. The standard InChI is InChI=1S/C11H13BrOS/c1-2-3-4-5-6-10(13)11-7-9(12)8-14-11/h5-8H,2-4H2,1H3/b6-5+. The van der Waals surface area contributed by atoms with Crippen LogP contribution in [0.4, 0.5) is 0 Å². The van der Waals surface area contributed by atoms with Crippen molar-refractivity contribution in [3.05, 3.63) is 32.9 Å². The molecule has 3 heteroatoms. The lowest BCUT2D eigenvalue weighted by molar-refractivity contribution is 0.105. The molecule has 0 aliphatic rings. The van der Waals surface area contributed by atoms with Crippen LogP contribution in [0.3, 0.4) is 0 Å². The van der Waals surface area contributed by atoms with Crippen LogP contribution in [-0.2, 0) is 0 Å². The lowest BCUT2D eigenvalue weighted by atomic mass is 10.2. The van der Waals surface area contributed by atoms with Crippen molar-refractivity contribution in [1.82, 2.24) is 0 Å². The minimum Gasteiger partial charge on any atom is -0.288 e. The smallest absolute Gasteiger partial charge is 0.195 e. The number of carbonyl (C=O) groups is 1. The highest BCUT2D eigenvalue weighted by Crippen LogP contribution is 2.20. The summed E-state index contributed by atoms with van der Waals surface area (Å²) in [4.78, 5) is 12.3. The summed E-state index contributed by atoms with van der Waals surface area (Å²) < 4.78 is 0.979. The van der Waals surface area contributed by atoms with Gasteiger partial charge in [0.05, 0.1) is 4.88 Å². The second kappa shape index (κ2) is 6.14. The second-order valence-electron chi connectivity index (χ2n) is 3.04. The maximum atomic E-state index is 11.5. The van der Waals surface area contributed by atoms with Crippen LogP contribution in [-0.4, -0.2) is 5.78 Å². The first-order valence-electron chi connectivity index (χ1n) is 4.69. The molecule has 0 aliphatic heterocycles. The molecule has 0 unspecified atom stereocenters. The van der Waals surface area contributed by atoms with E-state index in [-0.39, 0.29) is 5.78 Å². The first-order chi connectivity index (χ1) is 6.74. The summed E-state index contributed by atoms with van der Waals surface area (Å²) in [6.45, 7) is 2.14. The Hall–Kier alpha value is -0.410. The van der Waals surface area contributed by atoms with Crippen LogP contribution in [0.5, 0.6) is 0 Å². The summed E-state index contributed by atoms with van der Waals surface area (Å²) in [5, 5.41) is 1.92. The summed E-state index contributed by atoms with van der Waals surface area (Å²) in [7, 11) is 0. The number of hydrogen-bond acceptors (Lipinski definition) is 2. The zero-order valence-corrected chi connectivity index (χ0v) is 10.5. The van der Waals surface area contributed by atoms with Gasteiger partial charge in [0.1, 0.15) is 0 Å². The highest BCUT2D eigenvalue weighted by Gasteiger charge is 2.03. The van der Waals surface area contributed by atoms with Crippen LogP contribution >= 0.6 is 27.3 Å². The van der Waals surface area contributed by atoms with Gasteiger partial charge in [-0.1, -0.05) is 25.8 Å². The van der Waals surface area contributed by atoms with E-state index in [4.69, 9.17) is 0 Å². The lowest BCUT2D eigenvalue weighted by Crippen LogP contribution is -1.88. The van der Waals surface area contributed by atoms with Crippen LogP contribution in [0.2, 0.25) is 0 Å². The maximum Gasteiger partial charge on any atom is 0.195 e. The van der Waals surface area contributed by atoms with Crippen LogP contribution in [0.1, 0.15) is 35.9 Å². The molecule has 1 heterocycles. The van der Waals surface area contributed by atoms with Gasteiger partial charge in [0.15, 0.2) is 5.78 Å². The Morgan fingerprint density at radius 1 is 1.64 bits per heavy atom. The second-order valence-corrected chi connectivity index (χ2v) is 4.86. The van der Waals surface area contributed by atoms with Crippen LogP contribution < -0.4 is 0 Å². The van der Waals surface area contributed by atoms with Crippen molar-refractivity contribution in [2.24, 2.45) is 0 Å². The topological polar surface area (TPSA) is 17.1 Å². The molecule has 14 heavy (non-hydrogen) atoms. The number of halogens is 1. The Morgan fingerprint density at radius 3 is 3.00 bits per heavy atom. The number of hydrogen-bond donors (Lipinski definition) is 0. The molecular weight excluding hydrogens is 260 g/mol. The van der Waals surface area contributed by atoms with Crippen molar-refractivity contribution >= 4 is 33.0 Å². The van der Waals surface area contributed by atoms with E-state index >= 15 is 0 Å². The molecule has 0 bridgehead atoms. The fourth-order valence-corrected chi connectivity index (χ4v) is 2.38. The van der Waals surface area contributed by atoms with Crippen LogP contribution in [0.25, 0.3) is 0 Å². The average Bonchev–Trinajstić information content (AvgIpc) is 2.59. The molecule has 1 aromatic heterocycles. The van der Waals surface area contributed by atoms with Gasteiger partial charge >= 0.3 is 0 Å². The van der Waals surface area contributed by atoms with Gasteiger partial charge in [-0.15, -0.1) is 11.3 Å². The normalized spacial score (nSPS) is 11.0. The third-order valence-corrected chi connectivity index (χ3v) is 3.51. The van der Waals surface area contributed by atoms with Crippen molar-refractivity contribution in [3.8, 4) is 0 Å². The predicted octanol–water partition coefficient (Wildman–Crippen LogP) is 4.44. The van der Waals surface area contributed by atoms with E-state index in [2.05, 4.69) is 22.9 Å². The number of unbranched alkanes of at least 4 members (excludes halogenated alkanes) is 2. The monoisotopic (exact) mass is 272 g/mol. The SMILES string of the molecule is CCCC/C=C/C(=O)c1cc(Br)cs1. The van der Waals surface area contributed by atoms with E-state index in [1.54, 1.807) is 6.08 Å². The molecule has 0 saturated heterocycles. The lowest BCUT2D eigenvalue weighted by Gasteiger charge is -1.89. The zero-order chi connectivity index (χ0) is 10.4. The number of allylic oxidation sites excluding steroid dienone is 2. The average molecular weight is 273 g/mol. The van der Waals surface area contributed by atoms with E-state index in [1.165, 1.54) is 17.8 Å². The Balaban J connectivity index is 2.46. The summed E-state index contributed by atoms with van der Waals surface area (Å²) in [5.41, 5.74) is 0. The Kier molecular flexibility index (Phi) is 5.12. The summed E-state index contributed by atoms with van der Waals surface area (Å²) >= 11 is 4.80. The van der Waals surface area contributed by atoms with E-state index in [0.717, 1.165) is 22.2 Å². The molecule has 0 amide bonds. The minimum absolute atomic E-state index is 0.108. The van der Waals surface area contributed by atoms with E-state index in [0.29, 0.717) is 0 Å². The molecule has 0 atom stereocenters. The van der Waals surface area contributed by atoms with Crippen LogP contribution in [0, 0.1) is 0 Å². The molecule has 1 nitrogen and oxygen atoms in total. The summed E-state index contributed by atoms with van der Waals surface area (Å²) in [6, 6.07) is 1.86. The highest BCUT2D eigenvalue weighted by molar-refractivity contribution is 9.10. The van der Waals surface area contributed by atoms with Gasteiger partial charge in [-0.3, -0.25) is 4.79 Å². The molecule has 76 valence electrons. The molecule has 0 aliphatic carbocycles. The minimum atomic E-state index is 0.108. The summed E-state index contributed by atoms with van der Waals surface area (Å²) in [6.07, 6.45) is 6.95. The molecule has 1 rings (SSSR count). The van der Waals surface area contributed by atoms with Gasteiger partial charge in [-0.25, -0.2) is 0 Å². The molecule has 0 radical (unpaired) electrons. The Labute approximate surface area is 97.0 Å². The molecule has 0 fully saturated rings. The predicted molar refractivity (Wildman–Crippen MR) is 65.0 cm³/mol. The van der Waals surface area contributed by atoms with Crippen LogP contribution in [0.15, 0.2) is 28.1 Å². The van der Waals surface area contributed by atoms with Crippen molar-refractivity contribution < 1.29 is 4.79 Å². The van der Waals surface area contributed by atoms with Gasteiger partial charge < -0.3 is 0 Å². The van der Waals surface area contributed by atoms with Crippen molar-refractivity contribution in [2.75, 3.05) is 0 Å². The fourth-order valence-electron chi connectivity index (χ4n) is 1.04. The first kappa shape index (κ1) is 11.7. The molecule has 1 aromatic rings. The third kappa shape index (κ3) is 3.76. The van der Waals surface area contributed by atoms with Gasteiger partial charge in [0, 0.05) is 9.85 Å². The first-order valence-corrected chi connectivity index (χ1v) is 6.36. The van der Waals surface area contributed by atoms with Gasteiger partial charge in [0.2, 0.25) is 0 Å². The molecule has 0 saturated carbocycles. The van der Waals surface area contributed by atoms with Gasteiger partial charge in [0.25, 0.3) is 0 Å². The molecule has 0 spiro atoms. The Morgan fingerprint density at radius 2 is 2.43 bits per heavy atom. The third-order valence-electron chi connectivity index (χ3n) is 1.80. The Bertz CT molecular complexity index is 328. The van der Waals surface area contributed by atoms with E-state index < -0.39 is 0 Å². The van der Waals surface area contributed by atoms with Crippen molar-refractivity contribution in [2.45, 2.75) is 26.2 Å². The zero-order valence-electron chi connectivity index (χ0n) is 8.13. The van der Waals surface area contributed by atoms with Gasteiger partial charge in [-0.05, 0) is 34.5 Å². The van der Waals surface area contributed by atoms with E-state index in [1.807, 2.05) is 17.5 Å². The van der Waals surface area contributed by atoms with Gasteiger partial charge in [-0.2, -0.15) is 0 Å². The maximum absolute atomic E-state index is 11.5. The molecular formula is C11H13BrOS. The van der Waals surface area contributed by atoms with E-state index in [9.17, 15) is 4.79 Å². The highest BCUT2D eigenvalue weighted by atomic mass is 79.9. The van der Waals surface area contributed by atoms with Crippen molar-refractivity contribution in [3.63, 3.8) is 0 Å². The van der Waals surface area contributed by atoms with Crippen molar-refractivity contribution in [1.29, 1.82) is 0 Å². The largest absolute Gasteiger partial charge is 0.288 e. The number of thiophene rings is 1.